The summed E-state index contributed by atoms with van der Waals surface area (Å²) in [6.07, 6.45) is 3.82. The highest BCUT2D eigenvalue weighted by molar-refractivity contribution is 5.98. The van der Waals surface area contributed by atoms with E-state index in [9.17, 15) is 4.79 Å². The normalized spacial score (nSPS) is 17.3. The molecule has 1 amide bonds. The van der Waals surface area contributed by atoms with Crippen LogP contribution in [0.4, 0.5) is 5.82 Å². The van der Waals surface area contributed by atoms with Crippen LogP contribution in [0, 0.1) is 0 Å². The molecule has 1 aromatic carbocycles. The molecule has 1 aromatic heterocycles. The first-order valence-corrected chi connectivity index (χ1v) is 9.06. The predicted octanol–water partition coefficient (Wildman–Crippen LogP) is 2.76. The van der Waals surface area contributed by atoms with Crippen LogP contribution >= 0.6 is 0 Å². The molecule has 0 saturated carbocycles. The highest BCUT2D eigenvalue weighted by atomic mass is 16.1. The molecule has 1 saturated heterocycles. The lowest BCUT2D eigenvalue weighted by atomic mass is 10.0. The number of amides is 1. The Morgan fingerprint density at radius 2 is 2.12 bits per heavy atom. The van der Waals surface area contributed by atoms with E-state index in [1.165, 1.54) is 5.56 Å². The van der Waals surface area contributed by atoms with Gasteiger partial charge in [-0.3, -0.25) is 4.79 Å². The molecule has 1 unspecified atom stereocenters. The SMILES string of the molecule is CCCCNC(=O)c1cccnc1N1CCNC(c2ccccc2)C1. The summed E-state index contributed by atoms with van der Waals surface area (Å²) in [6, 6.07) is 14.4. The maximum absolute atomic E-state index is 12.5. The predicted molar refractivity (Wildman–Crippen MR) is 101 cm³/mol. The number of hydrogen-bond donors (Lipinski definition) is 2. The second-order valence-corrected chi connectivity index (χ2v) is 6.35. The number of unbranched alkanes of at least 4 members (excludes halogenated alkanes) is 1. The minimum atomic E-state index is -0.0358. The fourth-order valence-corrected chi connectivity index (χ4v) is 3.15. The molecular formula is C20H26N4O. The number of pyridine rings is 1. The van der Waals surface area contributed by atoms with E-state index in [0.29, 0.717) is 12.1 Å². The first kappa shape index (κ1) is 17.4. The van der Waals surface area contributed by atoms with E-state index < -0.39 is 0 Å². The minimum absolute atomic E-state index is 0.0358. The van der Waals surface area contributed by atoms with Crippen LogP contribution < -0.4 is 15.5 Å². The number of carbonyl (C=O) groups excluding carboxylic acids is 1. The van der Waals surface area contributed by atoms with Gasteiger partial charge in [-0.25, -0.2) is 4.98 Å². The Morgan fingerprint density at radius 3 is 2.92 bits per heavy atom. The van der Waals surface area contributed by atoms with Crippen LogP contribution in [0.3, 0.4) is 0 Å². The standard InChI is InChI=1S/C20H26N4O/c1-2-3-11-23-20(25)17-10-7-12-22-19(17)24-14-13-21-18(15-24)16-8-5-4-6-9-16/h4-10,12,18,21H,2-3,11,13-15H2,1H3,(H,23,25). The molecule has 1 aliphatic rings. The van der Waals surface area contributed by atoms with E-state index in [1.54, 1.807) is 6.20 Å². The lowest BCUT2D eigenvalue weighted by molar-refractivity contribution is 0.0953. The van der Waals surface area contributed by atoms with E-state index in [4.69, 9.17) is 0 Å². The van der Waals surface area contributed by atoms with E-state index in [1.807, 2.05) is 18.2 Å². The van der Waals surface area contributed by atoms with Crippen LogP contribution in [0.15, 0.2) is 48.7 Å². The van der Waals surface area contributed by atoms with Crippen LogP contribution in [0.1, 0.15) is 41.7 Å². The molecule has 5 heteroatoms. The van der Waals surface area contributed by atoms with E-state index in [2.05, 4.69) is 51.7 Å². The fourth-order valence-electron chi connectivity index (χ4n) is 3.15. The summed E-state index contributed by atoms with van der Waals surface area (Å²) in [7, 11) is 0. The van der Waals surface area contributed by atoms with Gasteiger partial charge in [0.15, 0.2) is 0 Å². The molecule has 0 radical (unpaired) electrons. The number of rotatable bonds is 6. The second-order valence-electron chi connectivity index (χ2n) is 6.35. The molecule has 2 aromatic rings. The zero-order valence-electron chi connectivity index (χ0n) is 14.7. The Balaban J connectivity index is 1.76. The van der Waals surface area contributed by atoms with Crippen molar-refractivity contribution in [2.75, 3.05) is 31.1 Å². The Hall–Kier alpha value is -2.40. The number of aromatic nitrogens is 1. The van der Waals surface area contributed by atoms with Gasteiger partial charge in [-0.2, -0.15) is 0 Å². The van der Waals surface area contributed by atoms with Gasteiger partial charge < -0.3 is 15.5 Å². The van der Waals surface area contributed by atoms with Crippen LogP contribution in [-0.2, 0) is 0 Å². The summed E-state index contributed by atoms with van der Waals surface area (Å²) in [5.74, 6) is 0.741. The van der Waals surface area contributed by atoms with Crippen LogP contribution in [0.25, 0.3) is 0 Å². The molecule has 2 N–H and O–H groups in total. The molecule has 0 aliphatic carbocycles. The van der Waals surface area contributed by atoms with Crippen molar-refractivity contribution in [3.8, 4) is 0 Å². The van der Waals surface area contributed by atoms with Crippen molar-refractivity contribution in [3.63, 3.8) is 0 Å². The van der Waals surface area contributed by atoms with Gasteiger partial charge in [-0.1, -0.05) is 43.7 Å². The molecule has 2 heterocycles. The van der Waals surface area contributed by atoms with Gasteiger partial charge in [-0.05, 0) is 24.1 Å². The van der Waals surface area contributed by atoms with E-state index in [0.717, 1.165) is 38.3 Å². The third kappa shape index (κ3) is 4.37. The second kappa shape index (κ2) is 8.62. The van der Waals surface area contributed by atoms with Crippen molar-refractivity contribution < 1.29 is 4.79 Å². The Bertz CT molecular complexity index is 689. The first-order valence-electron chi connectivity index (χ1n) is 9.06. The van der Waals surface area contributed by atoms with Gasteiger partial charge in [-0.15, -0.1) is 0 Å². The number of nitrogens with zero attached hydrogens (tertiary/aromatic N) is 2. The molecule has 1 atom stereocenters. The Kier molecular flexibility index (Phi) is 6.01. The van der Waals surface area contributed by atoms with Crippen molar-refractivity contribution >= 4 is 11.7 Å². The summed E-state index contributed by atoms with van der Waals surface area (Å²) < 4.78 is 0. The van der Waals surface area contributed by atoms with E-state index >= 15 is 0 Å². The number of anilines is 1. The number of piperazine rings is 1. The van der Waals surface area contributed by atoms with Gasteiger partial charge in [0.2, 0.25) is 0 Å². The Morgan fingerprint density at radius 1 is 1.28 bits per heavy atom. The molecule has 5 nitrogen and oxygen atoms in total. The molecule has 0 bridgehead atoms. The zero-order chi connectivity index (χ0) is 17.5. The fraction of sp³-hybridized carbons (Fsp3) is 0.400. The van der Waals surface area contributed by atoms with Crippen LogP contribution in [0.2, 0.25) is 0 Å². The number of hydrogen-bond acceptors (Lipinski definition) is 4. The topological polar surface area (TPSA) is 57.3 Å². The Labute approximate surface area is 149 Å². The first-order chi connectivity index (χ1) is 12.3. The molecule has 25 heavy (non-hydrogen) atoms. The number of nitrogens with one attached hydrogen (secondary N) is 2. The lowest BCUT2D eigenvalue weighted by Crippen LogP contribution is -2.46. The maximum atomic E-state index is 12.5. The van der Waals surface area contributed by atoms with Gasteiger partial charge in [0.25, 0.3) is 5.91 Å². The lowest BCUT2D eigenvalue weighted by Gasteiger charge is -2.35. The molecule has 0 spiro atoms. The van der Waals surface area contributed by atoms with E-state index in [-0.39, 0.29) is 11.9 Å². The summed E-state index contributed by atoms with van der Waals surface area (Å²) in [5.41, 5.74) is 1.92. The van der Waals surface area contributed by atoms with Gasteiger partial charge in [0, 0.05) is 38.4 Å². The highest BCUT2D eigenvalue weighted by Crippen LogP contribution is 2.23. The van der Waals surface area contributed by atoms with Crippen molar-refractivity contribution in [1.82, 2.24) is 15.6 Å². The van der Waals surface area contributed by atoms with Crippen LogP contribution in [-0.4, -0.2) is 37.1 Å². The average Bonchev–Trinajstić information content (AvgIpc) is 2.69. The maximum Gasteiger partial charge on any atom is 0.255 e. The zero-order valence-corrected chi connectivity index (χ0v) is 14.7. The van der Waals surface area contributed by atoms with Crippen molar-refractivity contribution in [2.45, 2.75) is 25.8 Å². The largest absolute Gasteiger partial charge is 0.353 e. The molecule has 1 aliphatic heterocycles. The van der Waals surface area contributed by atoms with Gasteiger partial charge >= 0.3 is 0 Å². The average molecular weight is 338 g/mol. The quantitative estimate of drug-likeness (QED) is 0.795. The monoisotopic (exact) mass is 338 g/mol. The summed E-state index contributed by atoms with van der Waals surface area (Å²) in [6.45, 7) is 5.34. The molecule has 1 fully saturated rings. The number of carbonyl (C=O) groups is 1. The molecular weight excluding hydrogens is 312 g/mol. The minimum Gasteiger partial charge on any atom is -0.353 e. The van der Waals surface area contributed by atoms with Crippen molar-refractivity contribution in [3.05, 3.63) is 59.8 Å². The van der Waals surface area contributed by atoms with Gasteiger partial charge in [0.05, 0.1) is 5.56 Å². The highest BCUT2D eigenvalue weighted by Gasteiger charge is 2.24. The smallest absolute Gasteiger partial charge is 0.255 e. The summed E-state index contributed by atoms with van der Waals surface area (Å²) in [5, 5.41) is 6.56. The van der Waals surface area contributed by atoms with Crippen molar-refractivity contribution in [2.24, 2.45) is 0 Å². The number of benzene rings is 1. The summed E-state index contributed by atoms with van der Waals surface area (Å²) in [4.78, 5) is 19.3. The van der Waals surface area contributed by atoms with Gasteiger partial charge in [0.1, 0.15) is 5.82 Å². The van der Waals surface area contributed by atoms with Crippen LogP contribution in [0.5, 0.6) is 0 Å². The molecule has 132 valence electrons. The third-order valence-corrected chi connectivity index (χ3v) is 4.52. The third-order valence-electron chi connectivity index (χ3n) is 4.52. The van der Waals surface area contributed by atoms with Crippen molar-refractivity contribution in [1.29, 1.82) is 0 Å². The molecule has 3 rings (SSSR count). The summed E-state index contributed by atoms with van der Waals surface area (Å²) >= 11 is 0.